The van der Waals surface area contributed by atoms with Crippen LogP contribution >= 0.6 is 0 Å². The largest absolute Gasteiger partial charge is 0.478 e. The second kappa shape index (κ2) is 5.25. The van der Waals surface area contributed by atoms with E-state index in [0.29, 0.717) is 5.56 Å². The van der Waals surface area contributed by atoms with Crippen molar-refractivity contribution in [3.8, 4) is 0 Å². The molecule has 1 aliphatic heterocycles. The summed E-state index contributed by atoms with van der Waals surface area (Å²) < 4.78 is 0. The van der Waals surface area contributed by atoms with Crippen LogP contribution in [0.1, 0.15) is 33.6 Å². The highest BCUT2D eigenvalue weighted by atomic mass is 16.4. The molecule has 1 N–H and O–H groups in total. The smallest absolute Gasteiger partial charge is 0.335 e. The van der Waals surface area contributed by atoms with Gasteiger partial charge in [0.15, 0.2) is 0 Å². The number of hydrogen-bond acceptors (Lipinski definition) is 2. The fourth-order valence-corrected chi connectivity index (χ4v) is 2.17. The zero-order valence-electron chi connectivity index (χ0n) is 10.3. The Morgan fingerprint density at radius 2 is 1.78 bits per heavy atom. The third-order valence-corrected chi connectivity index (χ3v) is 3.18. The number of nitrogens with zero attached hydrogens (tertiary/aromatic N) is 1. The van der Waals surface area contributed by atoms with Crippen molar-refractivity contribution in [1.82, 2.24) is 4.90 Å². The van der Waals surface area contributed by atoms with Crippen LogP contribution in [0.2, 0.25) is 6.82 Å². The average Bonchev–Trinajstić information content (AvgIpc) is 2.91. The number of rotatable bonds is 3. The monoisotopic (exact) mass is 244 g/mol. The molecule has 1 aromatic rings. The number of carboxylic acid groups (broad SMARTS) is 1. The lowest BCUT2D eigenvalue weighted by molar-refractivity contribution is 0.0697. The van der Waals surface area contributed by atoms with Crippen LogP contribution in [0.5, 0.6) is 0 Å². The molecule has 0 saturated carbocycles. The number of benzene rings is 1. The van der Waals surface area contributed by atoms with E-state index in [2.05, 4.69) is 0 Å². The summed E-state index contributed by atoms with van der Waals surface area (Å²) >= 11 is 0. The molecule has 0 aromatic heterocycles. The molecule has 1 saturated heterocycles. The Bertz CT molecular complexity index is 481. The Kier molecular flexibility index (Phi) is 3.70. The predicted octanol–water partition coefficient (Wildman–Crippen LogP) is 0.998. The van der Waals surface area contributed by atoms with Gasteiger partial charge in [-0.1, -0.05) is 24.4 Å². The molecule has 1 heterocycles. The molecule has 1 aliphatic rings. The molecular formula is C13H15BNO3. The van der Waals surface area contributed by atoms with Gasteiger partial charge in [-0.3, -0.25) is 4.79 Å². The molecule has 1 fully saturated rings. The van der Waals surface area contributed by atoms with Gasteiger partial charge in [0.1, 0.15) is 7.28 Å². The zero-order chi connectivity index (χ0) is 13.1. The minimum absolute atomic E-state index is 0.0706. The number of carboxylic acids is 1. The minimum atomic E-state index is -1.01. The van der Waals surface area contributed by atoms with Crippen molar-refractivity contribution in [1.29, 1.82) is 0 Å². The third kappa shape index (κ3) is 2.55. The van der Waals surface area contributed by atoms with E-state index in [4.69, 9.17) is 5.11 Å². The van der Waals surface area contributed by atoms with Gasteiger partial charge in [-0.05, 0) is 18.9 Å². The first kappa shape index (κ1) is 12.7. The molecule has 0 bridgehead atoms. The quantitative estimate of drug-likeness (QED) is 0.807. The Hall–Kier alpha value is -1.78. The molecule has 93 valence electrons. The maximum absolute atomic E-state index is 12.2. The van der Waals surface area contributed by atoms with Gasteiger partial charge in [0.05, 0.1) is 5.56 Å². The van der Waals surface area contributed by atoms with Crippen LogP contribution in [0, 0.1) is 0 Å². The van der Waals surface area contributed by atoms with Crippen LogP contribution in [0.15, 0.2) is 18.2 Å². The summed E-state index contributed by atoms with van der Waals surface area (Å²) in [5, 5.41) is 9.04. The fraction of sp³-hybridized carbons (Fsp3) is 0.385. The summed E-state index contributed by atoms with van der Waals surface area (Å²) in [4.78, 5) is 25.0. The molecule has 0 aliphatic carbocycles. The molecule has 5 heteroatoms. The van der Waals surface area contributed by atoms with Gasteiger partial charge < -0.3 is 10.0 Å². The Morgan fingerprint density at radius 3 is 2.33 bits per heavy atom. The van der Waals surface area contributed by atoms with E-state index in [-0.39, 0.29) is 11.5 Å². The van der Waals surface area contributed by atoms with Crippen LogP contribution in [0.3, 0.4) is 0 Å². The lowest BCUT2D eigenvalue weighted by Gasteiger charge is -2.16. The van der Waals surface area contributed by atoms with Gasteiger partial charge in [-0.25, -0.2) is 4.79 Å². The first-order valence-corrected chi connectivity index (χ1v) is 6.09. The van der Waals surface area contributed by atoms with Crippen molar-refractivity contribution in [3.05, 3.63) is 29.3 Å². The molecule has 0 atom stereocenters. The Labute approximate surface area is 107 Å². The molecule has 1 aromatic carbocycles. The van der Waals surface area contributed by atoms with E-state index in [1.807, 2.05) is 6.82 Å². The van der Waals surface area contributed by atoms with Crippen LogP contribution < -0.4 is 5.46 Å². The molecule has 18 heavy (non-hydrogen) atoms. The maximum atomic E-state index is 12.2. The zero-order valence-corrected chi connectivity index (χ0v) is 10.3. The standard InChI is InChI=1S/C13H15BNO3/c1-14-11-7-9(6-10(8-11)13(17)18)12(16)15-4-2-3-5-15/h6-8H,2-5H2,1H3,(H,17,18). The van der Waals surface area contributed by atoms with E-state index in [0.717, 1.165) is 31.4 Å². The first-order valence-electron chi connectivity index (χ1n) is 6.09. The number of carbonyl (C=O) groups is 2. The van der Waals surface area contributed by atoms with E-state index in [1.165, 1.54) is 6.07 Å². The SMILES string of the molecule is C[B]c1cc(C(=O)O)cc(C(=O)N2CCCC2)c1. The number of aromatic carboxylic acids is 1. The van der Waals surface area contributed by atoms with Crippen LogP contribution in [0.4, 0.5) is 0 Å². The van der Waals surface area contributed by atoms with Crippen molar-refractivity contribution >= 4 is 24.6 Å². The van der Waals surface area contributed by atoms with Crippen molar-refractivity contribution < 1.29 is 14.7 Å². The molecule has 0 spiro atoms. The van der Waals surface area contributed by atoms with Gasteiger partial charge in [0.2, 0.25) is 0 Å². The van der Waals surface area contributed by atoms with Crippen LogP contribution in [-0.2, 0) is 0 Å². The van der Waals surface area contributed by atoms with E-state index in [9.17, 15) is 9.59 Å². The Balaban J connectivity index is 2.33. The summed E-state index contributed by atoms with van der Waals surface area (Å²) in [6, 6.07) is 4.77. The summed E-state index contributed by atoms with van der Waals surface area (Å²) in [7, 11) is 1.80. The maximum Gasteiger partial charge on any atom is 0.335 e. The second-order valence-corrected chi connectivity index (χ2v) is 4.44. The van der Waals surface area contributed by atoms with Gasteiger partial charge >= 0.3 is 5.97 Å². The van der Waals surface area contributed by atoms with Crippen molar-refractivity contribution in [2.24, 2.45) is 0 Å². The lowest BCUT2D eigenvalue weighted by atomic mass is 9.72. The molecule has 2 rings (SSSR count). The highest BCUT2D eigenvalue weighted by molar-refractivity contribution is 6.52. The highest BCUT2D eigenvalue weighted by Crippen LogP contribution is 2.13. The van der Waals surface area contributed by atoms with Gasteiger partial charge in [-0.15, -0.1) is 0 Å². The summed E-state index contributed by atoms with van der Waals surface area (Å²) in [6.45, 7) is 3.35. The normalized spacial score (nSPS) is 14.6. The van der Waals surface area contributed by atoms with Crippen molar-refractivity contribution in [2.45, 2.75) is 19.7 Å². The number of likely N-dealkylation sites (tertiary alicyclic amines) is 1. The molecule has 1 amide bonds. The van der Waals surface area contributed by atoms with Crippen LogP contribution in [0.25, 0.3) is 0 Å². The molecule has 0 unspecified atom stereocenters. The number of amides is 1. The topological polar surface area (TPSA) is 57.6 Å². The predicted molar refractivity (Wildman–Crippen MR) is 69.8 cm³/mol. The number of hydrogen-bond donors (Lipinski definition) is 1. The highest BCUT2D eigenvalue weighted by Gasteiger charge is 2.20. The van der Waals surface area contributed by atoms with Gasteiger partial charge in [0.25, 0.3) is 5.91 Å². The van der Waals surface area contributed by atoms with Crippen molar-refractivity contribution in [3.63, 3.8) is 0 Å². The lowest BCUT2D eigenvalue weighted by Crippen LogP contribution is -2.29. The minimum Gasteiger partial charge on any atom is -0.478 e. The summed E-state index contributed by atoms with van der Waals surface area (Å²) in [6.07, 6.45) is 2.05. The molecule has 4 nitrogen and oxygen atoms in total. The van der Waals surface area contributed by atoms with Gasteiger partial charge in [0, 0.05) is 18.7 Å². The fourth-order valence-electron chi connectivity index (χ4n) is 2.17. The van der Waals surface area contributed by atoms with Crippen LogP contribution in [-0.4, -0.2) is 42.3 Å². The second-order valence-electron chi connectivity index (χ2n) is 4.44. The van der Waals surface area contributed by atoms with E-state index < -0.39 is 5.97 Å². The third-order valence-electron chi connectivity index (χ3n) is 3.18. The van der Waals surface area contributed by atoms with E-state index >= 15 is 0 Å². The van der Waals surface area contributed by atoms with E-state index in [1.54, 1.807) is 24.3 Å². The summed E-state index contributed by atoms with van der Waals surface area (Å²) in [5.41, 5.74) is 1.38. The molecule has 1 radical (unpaired) electrons. The molecular weight excluding hydrogens is 229 g/mol. The average molecular weight is 244 g/mol. The van der Waals surface area contributed by atoms with Gasteiger partial charge in [-0.2, -0.15) is 0 Å². The first-order chi connectivity index (χ1) is 8.61. The Morgan fingerprint density at radius 1 is 1.17 bits per heavy atom. The van der Waals surface area contributed by atoms with Crippen molar-refractivity contribution in [2.75, 3.05) is 13.1 Å². The summed E-state index contributed by atoms with van der Waals surface area (Å²) in [5.74, 6) is -1.08. The number of carbonyl (C=O) groups excluding carboxylic acids is 1.